The minimum atomic E-state index is -4.21. The van der Waals surface area contributed by atoms with Crippen molar-refractivity contribution in [3.63, 3.8) is 0 Å². The van der Waals surface area contributed by atoms with Gasteiger partial charge >= 0.3 is 6.18 Å². The molecule has 0 amide bonds. The van der Waals surface area contributed by atoms with Gasteiger partial charge in [0.25, 0.3) is 0 Å². The van der Waals surface area contributed by atoms with Crippen molar-refractivity contribution in [2.45, 2.75) is 52.1 Å². The molecule has 0 aromatic heterocycles. The van der Waals surface area contributed by atoms with E-state index in [0.29, 0.717) is 6.42 Å². The highest BCUT2D eigenvalue weighted by atomic mass is 19.4. The van der Waals surface area contributed by atoms with Gasteiger partial charge in [0.15, 0.2) is 0 Å². The maximum Gasteiger partial charge on any atom is 0.416 e. The molecule has 0 fully saturated rings. The Morgan fingerprint density at radius 3 is 2.27 bits per heavy atom. The Labute approximate surface area is 89.9 Å². The molecule has 0 bridgehead atoms. The second kappa shape index (κ2) is 7.55. The van der Waals surface area contributed by atoms with Crippen LogP contribution in [0.1, 0.15) is 46.0 Å². The first kappa shape index (κ1) is 14.3. The van der Waals surface area contributed by atoms with Crippen LogP contribution in [0.2, 0.25) is 0 Å². The minimum Gasteiger partial charge on any atom is -0.166 e. The normalized spacial score (nSPS) is 13.8. The molecule has 0 heterocycles. The van der Waals surface area contributed by atoms with Crippen molar-refractivity contribution in [1.29, 1.82) is 0 Å². The first-order valence-electron chi connectivity index (χ1n) is 5.42. The van der Waals surface area contributed by atoms with Gasteiger partial charge in [-0.3, -0.25) is 0 Å². The van der Waals surface area contributed by atoms with Crippen molar-refractivity contribution >= 4 is 0 Å². The van der Waals surface area contributed by atoms with Crippen molar-refractivity contribution in [3.8, 4) is 0 Å². The molecule has 0 spiro atoms. The molecule has 0 aliphatic rings. The molecular formula is C12H19F3. The van der Waals surface area contributed by atoms with Crippen LogP contribution in [0.4, 0.5) is 13.2 Å². The van der Waals surface area contributed by atoms with Crippen molar-refractivity contribution in [2.75, 3.05) is 0 Å². The van der Waals surface area contributed by atoms with Crippen LogP contribution in [0, 0.1) is 0 Å². The highest BCUT2D eigenvalue weighted by molar-refractivity contribution is 5.23. The van der Waals surface area contributed by atoms with Crippen molar-refractivity contribution in [1.82, 2.24) is 0 Å². The summed E-state index contributed by atoms with van der Waals surface area (Å²) in [5, 5.41) is 0. The van der Waals surface area contributed by atoms with Gasteiger partial charge in [-0.1, -0.05) is 44.4 Å². The molecule has 0 radical (unpaired) electrons. The molecule has 0 aromatic carbocycles. The van der Waals surface area contributed by atoms with Gasteiger partial charge in [0.05, 0.1) is 5.57 Å². The number of rotatable bonds is 6. The second-order valence-corrected chi connectivity index (χ2v) is 3.51. The lowest BCUT2D eigenvalue weighted by Gasteiger charge is -2.07. The summed E-state index contributed by atoms with van der Waals surface area (Å²) in [6.07, 6.45) is 4.18. The lowest BCUT2D eigenvalue weighted by atomic mass is 10.1. The Balaban J connectivity index is 4.08. The Bertz CT molecular complexity index is 211. The van der Waals surface area contributed by atoms with Gasteiger partial charge in [0, 0.05) is 0 Å². The van der Waals surface area contributed by atoms with Crippen molar-refractivity contribution in [3.05, 3.63) is 23.8 Å². The van der Waals surface area contributed by atoms with E-state index in [9.17, 15) is 13.2 Å². The molecule has 0 saturated heterocycles. The maximum absolute atomic E-state index is 12.4. The number of hydrogen-bond donors (Lipinski definition) is 0. The van der Waals surface area contributed by atoms with E-state index in [1.54, 1.807) is 6.92 Å². The molecule has 88 valence electrons. The third kappa shape index (κ3) is 7.23. The highest BCUT2D eigenvalue weighted by Gasteiger charge is 2.30. The molecule has 0 aliphatic heterocycles. The van der Waals surface area contributed by atoms with Crippen LogP contribution in [0.5, 0.6) is 0 Å². The first-order valence-corrected chi connectivity index (χ1v) is 5.42. The fourth-order valence-electron chi connectivity index (χ4n) is 1.29. The zero-order chi connectivity index (χ0) is 11.7. The van der Waals surface area contributed by atoms with E-state index in [0.717, 1.165) is 31.8 Å². The van der Waals surface area contributed by atoms with Crippen LogP contribution in [-0.4, -0.2) is 6.18 Å². The fraction of sp³-hybridized carbons (Fsp3) is 0.667. The number of alkyl halides is 3. The van der Waals surface area contributed by atoms with Crippen LogP contribution in [0.15, 0.2) is 23.8 Å². The lowest BCUT2D eigenvalue weighted by Crippen LogP contribution is -2.09. The number of unbranched alkanes of at least 4 members (excludes halogenated alkanes) is 4. The molecule has 0 aliphatic carbocycles. The topological polar surface area (TPSA) is 0 Å². The van der Waals surface area contributed by atoms with Crippen LogP contribution >= 0.6 is 0 Å². The molecule has 3 heteroatoms. The molecule has 0 atom stereocenters. The summed E-state index contributed by atoms with van der Waals surface area (Å²) in [7, 11) is 0. The summed E-state index contributed by atoms with van der Waals surface area (Å²) in [5.74, 6) is 0. The van der Waals surface area contributed by atoms with E-state index in [1.165, 1.54) is 12.2 Å². The highest BCUT2D eigenvalue weighted by Crippen LogP contribution is 2.27. The standard InChI is InChI=1S/C12H19F3/c1-3-5-6-7-8-10-11(9-4-2)12(13,14)15/h4,9-10H,3,5-8H2,1-2H3/b9-4-,11-10+. The summed E-state index contributed by atoms with van der Waals surface area (Å²) < 4.78 is 37.1. The molecule has 0 rings (SSSR count). The van der Waals surface area contributed by atoms with E-state index in [4.69, 9.17) is 0 Å². The minimum absolute atomic E-state index is 0.513. The number of halogens is 3. The molecule has 15 heavy (non-hydrogen) atoms. The average Bonchev–Trinajstić information content (AvgIpc) is 2.14. The Hall–Kier alpha value is -0.730. The van der Waals surface area contributed by atoms with E-state index < -0.39 is 11.7 Å². The predicted octanol–water partition coefficient (Wildman–Crippen LogP) is 5.02. The van der Waals surface area contributed by atoms with Crippen LogP contribution < -0.4 is 0 Å². The molecule has 0 N–H and O–H groups in total. The average molecular weight is 220 g/mol. The van der Waals surface area contributed by atoms with Gasteiger partial charge in [0.1, 0.15) is 0 Å². The molecule has 0 aromatic rings. The molecule has 0 unspecified atom stereocenters. The van der Waals surface area contributed by atoms with Crippen LogP contribution in [0.25, 0.3) is 0 Å². The lowest BCUT2D eigenvalue weighted by molar-refractivity contribution is -0.0884. The monoisotopic (exact) mass is 220 g/mol. The van der Waals surface area contributed by atoms with E-state index in [-0.39, 0.29) is 0 Å². The third-order valence-electron chi connectivity index (χ3n) is 2.10. The van der Waals surface area contributed by atoms with Gasteiger partial charge in [-0.25, -0.2) is 0 Å². The maximum atomic E-state index is 12.4. The Morgan fingerprint density at radius 2 is 1.80 bits per heavy atom. The summed E-state index contributed by atoms with van der Waals surface area (Å²) >= 11 is 0. The number of hydrogen-bond acceptors (Lipinski definition) is 0. The summed E-state index contributed by atoms with van der Waals surface area (Å²) in [6, 6.07) is 0. The summed E-state index contributed by atoms with van der Waals surface area (Å²) in [6.45, 7) is 3.67. The van der Waals surface area contributed by atoms with Crippen molar-refractivity contribution < 1.29 is 13.2 Å². The molecule has 0 saturated carbocycles. The van der Waals surface area contributed by atoms with Gasteiger partial charge in [-0.2, -0.15) is 13.2 Å². The van der Waals surface area contributed by atoms with Crippen LogP contribution in [0.3, 0.4) is 0 Å². The summed E-state index contributed by atoms with van der Waals surface area (Å²) in [4.78, 5) is 0. The zero-order valence-electron chi connectivity index (χ0n) is 9.40. The molecule has 0 nitrogen and oxygen atoms in total. The molecular weight excluding hydrogens is 201 g/mol. The quantitative estimate of drug-likeness (QED) is 0.435. The third-order valence-corrected chi connectivity index (χ3v) is 2.10. The fourth-order valence-corrected chi connectivity index (χ4v) is 1.29. The number of allylic oxidation sites excluding steroid dienone is 4. The van der Waals surface area contributed by atoms with Crippen LogP contribution in [-0.2, 0) is 0 Å². The second-order valence-electron chi connectivity index (χ2n) is 3.51. The zero-order valence-corrected chi connectivity index (χ0v) is 9.40. The smallest absolute Gasteiger partial charge is 0.166 e. The predicted molar refractivity (Wildman–Crippen MR) is 57.7 cm³/mol. The van der Waals surface area contributed by atoms with E-state index >= 15 is 0 Å². The van der Waals surface area contributed by atoms with Gasteiger partial charge in [-0.15, -0.1) is 0 Å². The van der Waals surface area contributed by atoms with Gasteiger partial charge in [-0.05, 0) is 19.8 Å². The Kier molecular flexibility index (Phi) is 7.18. The van der Waals surface area contributed by atoms with Crippen molar-refractivity contribution in [2.24, 2.45) is 0 Å². The van der Waals surface area contributed by atoms with E-state index in [2.05, 4.69) is 6.92 Å². The van der Waals surface area contributed by atoms with Gasteiger partial charge in [0.2, 0.25) is 0 Å². The van der Waals surface area contributed by atoms with Gasteiger partial charge < -0.3 is 0 Å². The first-order chi connectivity index (χ1) is 7.02. The Morgan fingerprint density at radius 1 is 1.13 bits per heavy atom. The summed E-state index contributed by atoms with van der Waals surface area (Å²) in [5.41, 5.74) is -0.526. The SMILES string of the molecule is C/C=C\C(=C/CCCCCC)C(F)(F)F. The largest absolute Gasteiger partial charge is 0.416 e. The van der Waals surface area contributed by atoms with E-state index in [1.807, 2.05) is 0 Å².